The number of hydrogen-bond donors (Lipinski definition) is 0. The molecule has 1 fully saturated rings. The Morgan fingerprint density at radius 3 is 2.81 bits per heavy atom. The molecule has 0 radical (unpaired) electrons. The molecular formula is C13H14ClFO. The van der Waals surface area contributed by atoms with Crippen LogP contribution in [0.3, 0.4) is 0 Å². The highest BCUT2D eigenvalue weighted by Crippen LogP contribution is 2.39. The van der Waals surface area contributed by atoms with E-state index in [2.05, 4.69) is 0 Å². The van der Waals surface area contributed by atoms with Crippen molar-refractivity contribution in [3.05, 3.63) is 34.6 Å². The van der Waals surface area contributed by atoms with Gasteiger partial charge in [0.1, 0.15) is 11.6 Å². The predicted molar refractivity (Wildman–Crippen MR) is 62.1 cm³/mol. The second kappa shape index (κ2) is 4.17. The van der Waals surface area contributed by atoms with Gasteiger partial charge in [-0.25, -0.2) is 4.39 Å². The van der Waals surface area contributed by atoms with Crippen LogP contribution in [0.2, 0.25) is 5.02 Å². The molecule has 2 rings (SSSR count). The van der Waals surface area contributed by atoms with Gasteiger partial charge >= 0.3 is 0 Å². The largest absolute Gasteiger partial charge is 0.300 e. The van der Waals surface area contributed by atoms with E-state index in [9.17, 15) is 9.18 Å². The lowest BCUT2D eigenvalue weighted by Crippen LogP contribution is -2.16. The Balaban J connectivity index is 2.17. The summed E-state index contributed by atoms with van der Waals surface area (Å²) in [5.41, 5.74) is 0.577. The van der Waals surface area contributed by atoms with Crippen LogP contribution in [0.1, 0.15) is 31.7 Å². The Morgan fingerprint density at radius 1 is 1.50 bits per heavy atom. The number of hydrogen-bond acceptors (Lipinski definition) is 1. The summed E-state index contributed by atoms with van der Waals surface area (Å²) in [6, 6.07) is 4.74. The van der Waals surface area contributed by atoms with E-state index in [4.69, 9.17) is 11.6 Å². The van der Waals surface area contributed by atoms with Crippen LogP contribution in [0.25, 0.3) is 0 Å². The van der Waals surface area contributed by atoms with Gasteiger partial charge in [-0.15, -0.1) is 0 Å². The van der Waals surface area contributed by atoms with Crippen molar-refractivity contribution < 1.29 is 9.18 Å². The standard InChI is InChI=1S/C13H14ClFO/c1-13(5-4-11(16)8-13)7-9-2-3-10(14)6-12(9)15/h2-3,6H,4-5,7-8H2,1H3. The molecule has 16 heavy (non-hydrogen) atoms. The molecule has 0 bridgehead atoms. The Hall–Kier alpha value is -0.890. The van der Waals surface area contributed by atoms with Crippen LogP contribution in [0.5, 0.6) is 0 Å². The molecule has 1 aliphatic carbocycles. The van der Waals surface area contributed by atoms with Crippen molar-refractivity contribution in [2.45, 2.75) is 32.6 Å². The molecule has 1 aliphatic rings. The van der Waals surface area contributed by atoms with Crippen molar-refractivity contribution >= 4 is 17.4 Å². The van der Waals surface area contributed by atoms with Gasteiger partial charge in [0, 0.05) is 17.9 Å². The number of ketones is 1. The van der Waals surface area contributed by atoms with Crippen LogP contribution < -0.4 is 0 Å². The number of rotatable bonds is 2. The van der Waals surface area contributed by atoms with Gasteiger partial charge in [-0.05, 0) is 36.0 Å². The maximum absolute atomic E-state index is 13.6. The Kier molecular flexibility index (Phi) is 3.02. The normalized spacial score (nSPS) is 25.1. The van der Waals surface area contributed by atoms with E-state index in [1.165, 1.54) is 6.07 Å². The summed E-state index contributed by atoms with van der Waals surface area (Å²) in [5.74, 6) is 0.0185. The summed E-state index contributed by atoms with van der Waals surface area (Å²) < 4.78 is 13.6. The molecule has 0 N–H and O–H groups in total. The smallest absolute Gasteiger partial charge is 0.133 e. The SMILES string of the molecule is CC1(Cc2ccc(Cl)cc2F)CCC(=O)C1. The molecule has 0 saturated heterocycles. The third-order valence-corrected chi connectivity index (χ3v) is 3.50. The lowest BCUT2D eigenvalue weighted by molar-refractivity contribution is -0.117. The third kappa shape index (κ3) is 2.43. The summed E-state index contributed by atoms with van der Waals surface area (Å²) in [6.07, 6.45) is 2.66. The second-order valence-electron chi connectivity index (χ2n) is 4.94. The van der Waals surface area contributed by atoms with Crippen LogP contribution >= 0.6 is 11.6 Å². The molecule has 0 heterocycles. The number of carbonyl (C=O) groups excluding carboxylic acids is 1. The predicted octanol–water partition coefficient (Wildman–Crippen LogP) is 3.78. The number of benzene rings is 1. The van der Waals surface area contributed by atoms with Crippen LogP contribution in [-0.4, -0.2) is 5.78 Å². The summed E-state index contributed by atoms with van der Waals surface area (Å²) in [5, 5.41) is 0.411. The van der Waals surface area contributed by atoms with Gasteiger partial charge < -0.3 is 0 Å². The van der Waals surface area contributed by atoms with Crippen molar-refractivity contribution in [2.24, 2.45) is 5.41 Å². The second-order valence-corrected chi connectivity index (χ2v) is 5.38. The third-order valence-electron chi connectivity index (χ3n) is 3.26. The zero-order valence-corrected chi connectivity index (χ0v) is 9.98. The quantitative estimate of drug-likeness (QED) is 0.769. The van der Waals surface area contributed by atoms with Gasteiger partial charge in [0.2, 0.25) is 0 Å². The molecule has 1 aromatic carbocycles. The van der Waals surface area contributed by atoms with Crippen molar-refractivity contribution in [3.8, 4) is 0 Å². The van der Waals surface area contributed by atoms with Gasteiger partial charge in [0.25, 0.3) is 0 Å². The zero-order chi connectivity index (χ0) is 11.8. The van der Waals surface area contributed by atoms with E-state index in [1.54, 1.807) is 12.1 Å². The fourth-order valence-electron chi connectivity index (χ4n) is 2.37. The molecule has 1 nitrogen and oxygen atoms in total. The maximum Gasteiger partial charge on any atom is 0.133 e. The maximum atomic E-state index is 13.6. The van der Waals surface area contributed by atoms with Crippen molar-refractivity contribution in [3.63, 3.8) is 0 Å². The van der Waals surface area contributed by atoms with Crippen molar-refractivity contribution in [2.75, 3.05) is 0 Å². The van der Waals surface area contributed by atoms with Crippen LogP contribution in [-0.2, 0) is 11.2 Å². The molecule has 1 aromatic rings. The summed E-state index contributed by atoms with van der Waals surface area (Å²) in [4.78, 5) is 11.3. The lowest BCUT2D eigenvalue weighted by atomic mass is 9.82. The van der Waals surface area contributed by atoms with E-state index in [0.29, 0.717) is 29.8 Å². The van der Waals surface area contributed by atoms with E-state index in [-0.39, 0.29) is 17.0 Å². The van der Waals surface area contributed by atoms with Gasteiger partial charge in [-0.1, -0.05) is 24.6 Å². The van der Waals surface area contributed by atoms with E-state index >= 15 is 0 Å². The molecule has 1 atom stereocenters. The Bertz CT molecular complexity index is 430. The highest BCUT2D eigenvalue weighted by molar-refractivity contribution is 6.30. The molecular weight excluding hydrogens is 227 g/mol. The Morgan fingerprint density at radius 2 is 2.25 bits per heavy atom. The molecule has 1 saturated carbocycles. The van der Waals surface area contributed by atoms with E-state index in [0.717, 1.165) is 6.42 Å². The summed E-state index contributed by atoms with van der Waals surface area (Å²) in [6.45, 7) is 2.05. The molecule has 0 aliphatic heterocycles. The van der Waals surface area contributed by atoms with Crippen LogP contribution in [0.15, 0.2) is 18.2 Å². The molecule has 3 heteroatoms. The average Bonchev–Trinajstić information content (AvgIpc) is 2.52. The average molecular weight is 241 g/mol. The first-order valence-corrected chi connectivity index (χ1v) is 5.82. The fourth-order valence-corrected chi connectivity index (χ4v) is 2.53. The highest BCUT2D eigenvalue weighted by atomic mass is 35.5. The van der Waals surface area contributed by atoms with Gasteiger partial charge in [0.15, 0.2) is 0 Å². The van der Waals surface area contributed by atoms with Gasteiger partial charge in [0.05, 0.1) is 0 Å². The summed E-state index contributed by atoms with van der Waals surface area (Å²) in [7, 11) is 0. The molecule has 0 amide bonds. The van der Waals surface area contributed by atoms with E-state index in [1.807, 2.05) is 6.92 Å². The topological polar surface area (TPSA) is 17.1 Å². The highest BCUT2D eigenvalue weighted by Gasteiger charge is 2.34. The van der Waals surface area contributed by atoms with Crippen LogP contribution in [0.4, 0.5) is 4.39 Å². The lowest BCUT2D eigenvalue weighted by Gasteiger charge is -2.22. The first-order valence-electron chi connectivity index (χ1n) is 5.44. The minimum atomic E-state index is -0.270. The first kappa shape index (κ1) is 11.6. The number of carbonyl (C=O) groups is 1. The molecule has 0 aromatic heterocycles. The summed E-state index contributed by atoms with van der Waals surface area (Å²) >= 11 is 5.70. The first-order chi connectivity index (χ1) is 7.48. The minimum absolute atomic E-state index is 0.0776. The van der Waals surface area contributed by atoms with Crippen molar-refractivity contribution in [1.29, 1.82) is 0 Å². The van der Waals surface area contributed by atoms with Gasteiger partial charge in [-0.3, -0.25) is 4.79 Å². The molecule has 1 unspecified atom stereocenters. The van der Waals surface area contributed by atoms with Gasteiger partial charge in [-0.2, -0.15) is 0 Å². The monoisotopic (exact) mass is 240 g/mol. The Labute approximate surface area is 99.6 Å². The fraction of sp³-hybridized carbons (Fsp3) is 0.462. The van der Waals surface area contributed by atoms with E-state index < -0.39 is 0 Å². The minimum Gasteiger partial charge on any atom is -0.300 e. The molecule has 86 valence electrons. The molecule has 0 spiro atoms. The number of halogens is 2. The number of Topliss-reactive ketones (excluding diaryl/α,β-unsaturated/α-hetero) is 1. The van der Waals surface area contributed by atoms with Crippen molar-refractivity contribution in [1.82, 2.24) is 0 Å². The van der Waals surface area contributed by atoms with Crippen LogP contribution in [0, 0.1) is 11.2 Å². The zero-order valence-electron chi connectivity index (χ0n) is 9.22.